The molecule has 12 aromatic carbocycles. The number of hydrogen-bond acceptors (Lipinski definition) is 7. The Bertz CT molecular complexity index is 6110. The number of aromatic nitrogens is 5. The van der Waals surface area contributed by atoms with Crippen LogP contribution in [0.2, 0.25) is 0 Å². The Morgan fingerprint density at radius 2 is 0.549 bits per heavy atom. The second-order valence-electron chi connectivity index (χ2n) is 25.2. The maximum atomic E-state index is 15.1. The predicted molar refractivity (Wildman–Crippen MR) is 408 cm³/mol. The van der Waals surface area contributed by atoms with Gasteiger partial charge < -0.3 is 9.13 Å². The number of carbonyl (C=O) groups is 4. The van der Waals surface area contributed by atoms with Gasteiger partial charge in [-0.05, 0) is 153 Å². The average Bonchev–Trinajstić information content (AvgIpc) is 1.55. The zero-order valence-electron chi connectivity index (χ0n) is 54.7. The first-order valence-corrected chi connectivity index (χ1v) is 33.7. The van der Waals surface area contributed by atoms with Crippen molar-refractivity contribution in [3.05, 3.63) is 369 Å². The summed E-state index contributed by atoms with van der Waals surface area (Å²) < 4.78 is 4.31. The van der Waals surface area contributed by atoms with Gasteiger partial charge in [0.2, 0.25) is 0 Å². The van der Waals surface area contributed by atoms with Crippen molar-refractivity contribution in [3.8, 4) is 89.3 Å². The van der Waals surface area contributed by atoms with E-state index >= 15 is 4.79 Å². The lowest BCUT2D eigenvalue weighted by atomic mass is 9.97. The lowest BCUT2D eigenvalue weighted by Gasteiger charge is -2.20. The predicted octanol–water partition coefficient (Wildman–Crippen LogP) is 21.0. The summed E-state index contributed by atoms with van der Waals surface area (Å²) in [6, 6.07) is 102. The van der Waals surface area contributed by atoms with Crippen LogP contribution in [0.5, 0.6) is 0 Å². The minimum absolute atomic E-state index is 0.334. The molecule has 7 heterocycles. The normalized spacial score (nSPS) is 12.5. The summed E-state index contributed by atoms with van der Waals surface area (Å²) in [7, 11) is 0. The van der Waals surface area contributed by atoms with Gasteiger partial charge in [-0.2, -0.15) is 0 Å². The number of rotatable bonds is 11. The van der Waals surface area contributed by atoms with E-state index in [1.807, 2.05) is 194 Å². The minimum atomic E-state index is -0.368. The first kappa shape index (κ1) is 60.4. The number of benzene rings is 12. The van der Waals surface area contributed by atoms with E-state index in [0.29, 0.717) is 45.0 Å². The van der Waals surface area contributed by atoms with Gasteiger partial charge in [0.05, 0.1) is 67.1 Å². The summed E-state index contributed by atoms with van der Waals surface area (Å²) in [5.74, 6) is -1.40. The number of fused-ring (bicyclic) bond motifs is 8. The van der Waals surface area contributed by atoms with Crippen molar-refractivity contribution in [2.75, 3.05) is 9.80 Å². The Labute approximate surface area is 586 Å². The van der Waals surface area contributed by atoms with Gasteiger partial charge in [0.1, 0.15) is 0 Å². The molecule has 17 aromatic rings. The van der Waals surface area contributed by atoms with E-state index in [1.54, 1.807) is 49.3 Å². The van der Waals surface area contributed by atoms with Gasteiger partial charge in [0.25, 0.3) is 23.6 Å². The number of carbonyl (C=O) groups excluding carboxylic acids is 4. The molecule has 11 heteroatoms. The fourth-order valence-corrected chi connectivity index (χ4v) is 15.0. The molecule has 480 valence electrons. The Balaban J connectivity index is 0.000000147. The second kappa shape index (κ2) is 25.1. The van der Waals surface area contributed by atoms with Crippen molar-refractivity contribution in [1.82, 2.24) is 24.1 Å². The third kappa shape index (κ3) is 10.1. The Hall–Kier alpha value is -14.0. The fourth-order valence-electron chi connectivity index (χ4n) is 15.0. The highest BCUT2D eigenvalue weighted by Gasteiger charge is 2.42. The van der Waals surface area contributed by atoms with Gasteiger partial charge in [-0.3, -0.25) is 34.1 Å². The summed E-state index contributed by atoms with van der Waals surface area (Å²) in [6.45, 7) is 0. The number of amides is 4. The van der Waals surface area contributed by atoms with Crippen LogP contribution in [0.3, 0.4) is 0 Å². The maximum Gasteiger partial charge on any atom is 0.268 e. The summed E-state index contributed by atoms with van der Waals surface area (Å²) in [6.07, 6.45) is 10.7. The molecule has 2 aliphatic heterocycles. The fraction of sp³-hybridized carbons (Fsp3) is 0. The topological polar surface area (TPSA) is 123 Å². The van der Waals surface area contributed by atoms with Gasteiger partial charge >= 0.3 is 0 Å². The van der Waals surface area contributed by atoms with Crippen molar-refractivity contribution in [1.29, 1.82) is 0 Å². The molecule has 0 aliphatic carbocycles. The summed E-state index contributed by atoms with van der Waals surface area (Å²) in [4.78, 5) is 74.3. The van der Waals surface area contributed by atoms with Gasteiger partial charge in [0.15, 0.2) is 0 Å². The minimum Gasteiger partial charge on any atom is -0.308 e. The summed E-state index contributed by atoms with van der Waals surface area (Å²) in [5, 5.41) is 4.20. The van der Waals surface area contributed by atoms with Crippen LogP contribution in [0.15, 0.2) is 347 Å². The highest BCUT2D eigenvalue weighted by molar-refractivity contribution is 6.38. The lowest BCUT2D eigenvalue weighted by Crippen LogP contribution is -2.30. The van der Waals surface area contributed by atoms with Crippen LogP contribution in [0.4, 0.5) is 11.4 Å². The molecule has 5 aromatic heterocycles. The van der Waals surface area contributed by atoms with Crippen molar-refractivity contribution in [2.24, 2.45) is 0 Å². The Kier molecular flexibility index (Phi) is 14.9. The van der Waals surface area contributed by atoms with E-state index in [0.717, 1.165) is 122 Å². The Morgan fingerprint density at radius 1 is 0.206 bits per heavy atom. The van der Waals surface area contributed by atoms with E-state index in [9.17, 15) is 14.4 Å². The zero-order chi connectivity index (χ0) is 68.4. The van der Waals surface area contributed by atoms with E-state index in [4.69, 9.17) is 0 Å². The molecule has 2 aliphatic rings. The molecular formula is C91H57N7O4. The summed E-state index contributed by atoms with van der Waals surface area (Å²) in [5.41, 5.74) is 21.3. The number of nitrogens with zero attached hydrogens (tertiary/aromatic N) is 7. The molecule has 0 spiro atoms. The average molecular weight is 1310 g/mol. The molecule has 0 atom stereocenters. The molecule has 0 unspecified atom stereocenters. The van der Waals surface area contributed by atoms with E-state index in [1.165, 1.54) is 9.80 Å². The highest BCUT2D eigenvalue weighted by atomic mass is 16.2. The molecule has 0 bridgehead atoms. The maximum absolute atomic E-state index is 15.1. The van der Waals surface area contributed by atoms with E-state index in [-0.39, 0.29) is 23.6 Å². The van der Waals surface area contributed by atoms with Gasteiger partial charge in [-0.15, -0.1) is 0 Å². The third-order valence-electron chi connectivity index (χ3n) is 19.6. The number of imide groups is 2. The first-order chi connectivity index (χ1) is 50.3. The van der Waals surface area contributed by atoms with E-state index in [2.05, 4.69) is 127 Å². The van der Waals surface area contributed by atoms with Crippen LogP contribution < -0.4 is 9.80 Å². The number of hydrogen-bond donors (Lipinski definition) is 0. The number of anilines is 2. The molecule has 11 nitrogen and oxygen atoms in total. The SMILES string of the molecule is O=C1c2cccc(-n3c4c(-c5ccncc5)cccc4c4cccc(-c5ccncc5)c43)c2C(=O)N1c1ccc(-c2ccccc2)cc1-c1ccccc1.O=C1c2cccc(-n3c4ccccc4c4ccc(-c5ccncc5)cc43)c2C(=O)N1c1ccc(-c2ccccc2)cc1-c1ccccc1. The monoisotopic (exact) mass is 1310 g/mol. The van der Waals surface area contributed by atoms with Gasteiger partial charge in [0, 0.05) is 81.0 Å². The number of para-hydroxylation sites is 3. The summed E-state index contributed by atoms with van der Waals surface area (Å²) >= 11 is 0. The smallest absolute Gasteiger partial charge is 0.268 e. The zero-order valence-corrected chi connectivity index (χ0v) is 54.7. The van der Waals surface area contributed by atoms with Crippen molar-refractivity contribution < 1.29 is 19.2 Å². The second-order valence-corrected chi connectivity index (χ2v) is 25.2. The van der Waals surface area contributed by atoms with Gasteiger partial charge in [-0.25, -0.2) is 9.80 Å². The number of pyridine rings is 3. The van der Waals surface area contributed by atoms with Crippen LogP contribution in [-0.4, -0.2) is 47.7 Å². The van der Waals surface area contributed by atoms with Crippen molar-refractivity contribution in [2.45, 2.75) is 0 Å². The van der Waals surface area contributed by atoms with Crippen LogP contribution in [0.25, 0.3) is 133 Å². The molecule has 102 heavy (non-hydrogen) atoms. The molecule has 0 saturated carbocycles. The largest absolute Gasteiger partial charge is 0.308 e. The van der Waals surface area contributed by atoms with Crippen LogP contribution >= 0.6 is 0 Å². The van der Waals surface area contributed by atoms with Crippen LogP contribution in [-0.2, 0) is 0 Å². The molecule has 0 saturated heterocycles. The molecule has 0 radical (unpaired) electrons. The van der Waals surface area contributed by atoms with Crippen molar-refractivity contribution in [3.63, 3.8) is 0 Å². The highest BCUT2D eigenvalue weighted by Crippen LogP contribution is 2.47. The van der Waals surface area contributed by atoms with Gasteiger partial charge in [-0.1, -0.05) is 212 Å². The standard InChI is InChI=1S/C48H30N4O2.C43H27N3O2/c53-47-40-18-9-19-43(44(40)48(54)52(47)42-21-20-35(31-10-3-1-4-11-31)30-41(42)32-12-5-2-6-13-32)51-45-36(33-22-26-49-27-23-33)14-7-16-38(45)39-17-8-15-37(46(39)51)34-24-28-50-29-25-34;47-42-35-15-9-17-39(45-37-16-8-7-14-33(37)34-20-18-32(27-40(34)45)29-22-24-44-25-23-29)41(35)43(48)46(42)38-21-19-31(28-10-3-1-4-11-28)26-36(38)30-12-5-2-6-13-30/h1-30H;1-27H. The van der Waals surface area contributed by atoms with Crippen LogP contribution in [0.1, 0.15) is 41.4 Å². The van der Waals surface area contributed by atoms with Crippen molar-refractivity contribution >= 4 is 78.6 Å². The Morgan fingerprint density at radius 3 is 1.02 bits per heavy atom. The quantitative estimate of drug-likeness (QED) is 0.118. The molecule has 4 amide bonds. The molecule has 0 N–H and O–H groups in total. The molecular weight excluding hydrogens is 1260 g/mol. The van der Waals surface area contributed by atoms with Crippen LogP contribution in [0, 0.1) is 0 Å². The first-order valence-electron chi connectivity index (χ1n) is 33.7. The lowest BCUT2D eigenvalue weighted by molar-refractivity contribution is 0.0910. The molecule has 0 fully saturated rings. The third-order valence-corrected chi connectivity index (χ3v) is 19.6. The molecule has 19 rings (SSSR count). The van der Waals surface area contributed by atoms with E-state index < -0.39 is 0 Å².